The minimum absolute atomic E-state index is 0.246. The molecule has 36 heavy (non-hydrogen) atoms. The molecule has 3 unspecified atom stereocenters. The second-order valence-corrected chi connectivity index (χ2v) is 11.0. The molecular formula is C31H41N5. The monoisotopic (exact) mass is 483 g/mol. The van der Waals surface area contributed by atoms with Gasteiger partial charge >= 0.3 is 0 Å². The Morgan fingerprint density at radius 1 is 1.06 bits per heavy atom. The molecule has 5 heteroatoms. The van der Waals surface area contributed by atoms with E-state index in [1.807, 2.05) is 30.7 Å². The van der Waals surface area contributed by atoms with Gasteiger partial charge in [0.2, 0.25) is 5.95 Å². The van der Waals surface area contributed by atoms with Crippen LogP contribution in [0.15, 0.2) is 65.0 Å². The molecule has 3 heterocycles. The van der Waals surface area contributed by atoms with Gasteiger partial charge in [-0.15, -0.1) is 0 Å². The number of hydrogen-bond acceptors (Lipinski definition) is 5. The number of nitrogens with one attached hydrogen (secondary N) is 1. The van der Waals surface area contributed by atoms with Crippen molar-refractivity contribution in [3.8, 4) is 0 Å². The molecule has 5 rings (SSSR count). The van der Waals surface area contributed by atoms with Gasteiger partial charge in [-0.3, -0.25) is 4.99 Å². The summed E-state index contributed by atoms with van der Waals surface area (Å²) in [6, 6.07) is 0.633. The Balaban J connectivity index is 1.19. The van der Waals surface area contributed by atoms with Crippen molar-refractivity contribution in [3.05, 3.63) is 60.6 Å². The van der Waals surface area contributed by atoms with E-state index in [0.717, 1.165) is 54.0 Å². The molecule has 2 bridgehead atoms. The van der Waals surface area contributed by atoms with Gasteiger partial charge in [0.05, 0.1) is 0 Å². The van der Waals surface area contributed by atoms with Crippen LogP contribution in [0, 0.1) is 17.8 Å². The number of allylic oxidation sites excluding steroid dienone is 5. The average molecular weight is 484 g/mol. The van der Waals surface area contributed by atoms with Crippen LogP contribution >= 0.6 is 0 Å². The molecule has 5 nitrogen and oxygen atoms in total. The molecule has 4 aliphatic rings. The number of fused-ring (bicyclic) bond motifs is 2. The molecule has 1 aromatic heterocycles. The first-order chi connectivity index (χ1) is 17.7. The van der Waals surface area contributed by atoms with E-state index in [4.69, 9.17) is 4.99 Å². The lowest BCUT2D eigenvalue weighted by Crippen LogP contribution is -2.38. The summed E-state index contributed by atoms with van der Waals surface area (Å²) in [5, 5.41) is 3.92. The maximum Gasteiger partial charge on any atom is 0.249 e. The van der Waals surface area contributed by atoms with E-state index in [2.05, 4.69) is 58.4 Å². The Hall–Kier alpha value is -2.66. The van der Waals surface area contributed by atoms with Crippen molar-refractivity contribution < 1.29 is 0 Å². The third-order valence-corrected chi connectivity index (χ3v) is 8.64. The summed E-state index contributed by atoms with van der Waals surface area (Å²) in [7, 11) is 0. The first-order valence-corrected chi connectivity index (χ1v) is 14.1. The fourth-order valence-corrected chi connectivity index (χ4v) is 6.07. The first-order valence-electron chi connectivity index (χ1n) is 14.1. The van der Waals surface area contributed by atoms with Crippen LogP contribution in [0.5, 0.6) is 0 Å². The number of hydrogen-bond donors (Lipinski definition) is 1. The number of aliphatic imine (C=N–C) groups is 2. The molecule has 0 spiro atoms. The van der Waals surface area contributed by atoms with Crippen LogP contribution in [0.2, 0.25) is 0 Å². The highest BCUT2D eigenvalue weighted by Crippen LogP contribution is 2.37. The third kappa shape index (κ3) is 6.36. The van der Waals surface area contributed by atoms with Gasteiger partial charge in [-0.25, -0.2) is 15.0 Å². The van der Waals surface area contributed by atoms with E-state index in [9.17, 15) is 0 Å². The van der Waals surface area contributed by atoms with Crippen LogP contribution in [0.25, 0.3) is 5.57 Å². The third-order valence-electron chi connectivity index (χ3n) is 8.64. The largest absolute Gasteiger partial charge is 0.303 e. The molecule has 0 saturated heterocycles. The van der Waals surface area contributed by atoms with Crippen LogP contribution in [-0.2, 0) is 0 Å². The summed E-state index contributed by atoms with van der Waals surface area (Å²) in [6.07, 6.45) is 31.0. The Bertz CT molecular complexity index is 1070. The van der Waals surface area contributed by atoms with Crippen LogP contribution in [0.1, 0.15) is 83.6 Å². The van der Waals surface area contributed by atoms with Crippen molar-refractivity contribution in [2.75, 3.05) is 0 Å². The summed E-state index contributed by atoms with van der Waals surface area (Å²) >= 11 is 0. The first kappa shape index (κ1) is 25.0. The summed E-state index contributed by atoms with van der Waals surface area (Å²) < 4.78 is 0. The molecule has 0 radical (unpaired) electrons. The van der Waals surface area contributed by atoms with Gasteiger partial charge in [0.15, 0.2) is 0 Å². The second kappa shape index (κ2) is 12.1. The van der Waals surface area contributed by atoms with Crippen LogP contribution in [-0.4, -0.2) is 33.5 Å². The Labute approximate surface area is 216 Å². The Morgan fingerprint density at radius 2 is 1.89 bits per heavy atom. The molecule has 2 aliphatic carbocycles. The normalized spacial score (nSPS) is 29.9. The van der Waals surface area contributed by atoms with Crippen molar-refractivity contribution in [3.63, 3.8) is 0 Å². The van der Waals surface area contributed by atoms with E-state index in [1.165, 1.54) is 50.5 Å². The van der Waals surface area contributed by atoms with Crippen molar-refractivity contribution >= 4 is 22.9 Å². The lowest BCUT2D eigenvalue weighted by molar-refractivity contribution is 0.200. The Morgan fingerprint density at radius 3 is 2.69 bits per heavy atom. The number of nitrogens with zero attached hydrogens (tertiary/aromatic N) is 4. The molecule has 1 fully saturated rings. The van der Waals surface area contributed by atoms with Crippen molar-refractivity contribution in [2.45, 2.75) is 90.1 Å². The van der Waals surface area contributed by atoms with Gasteiger partial charge in [-0.2, -0.15) is 0 Å². The molecule has 1 saturated carbocycles. The van der Waals surface area contributed by atoms with E-state index >= 15 is 0 Å². The average Bonchev–Trinajstić information content (AvgIpc) is 3.27. The molecule has 1 N–H and O–H groups in total. The van der Waals surface area contributed by atoms with E-state index in [1.54, 1.807) is 0 Å². The molecule has 0 amide bonds. The van der Waals surface area contributed by atoms with Gasteiger partial charge in [0, 0.05) is 54.1 Å². The van der Waals surface area contributed by atoms with Gasteiger partial charge in [0.1, 0.15) is 0 Å². The molecular weight excluding hydrogens is 442 g/mol. The van der Waals surface area contributed by atoms with E-state index in [0.29, 0.717) is 12.0 Å². The van der Waals surface area contributed by atoms with Crippen LogP contribution in [0.4, 0.5) is 5.95 Å². The maximum absolute atomic E-state index is 4.74. The summed E-state index contributed by atoms with van der Waals surface area (Å²) in [6.45, 7) is 4.78. The predicted octanol–water partition coefficient (Wildman–Crippen LogP) is 7.17. The quantitative estimate of drug-likeness (QED) is 0.447. The SMILES string of the molecule is CCC(C)C1CCC(CCC2C=CC3=NC=C(c4cnc(N=C5C=CC=CCC5)nc4)C(C3)N2)CC1. The van der Waals surface area contributed by atoms with E-state index < -0.39 is 0 Å². The van der Waals surface area contributed by atoms with Crippen molar-refractivity contribution in [1.29, 1.82) is 0 Å². The van der Waals surface area contributed by atoms with Gasteiger partial charge in [-0.1, -0.05) is 57.4 Å². The molecule has 0 aromatic carbocycles. The van der Waals surface area contributed by atoms with Gasteiger partial charge < -0.3 is 5.32 Å². The summed E-state index contributed by atoms with van der Waals surface area (Å²) in [4.78, 5) is 18.5. The predicted molar refractivity (Wildman–Crippen MR) is 151 cm³/mol. The standard InChI is InChI=1S/C31H41N5/c1-3-22(2)24-13-10-23(11-14-24)12-15-27-16-17-28-18-30(35-27)29(21-32-28)25-19-33-31(34-20-25)36-26-8-6-4-5-7-9-26/h4-6,8,16-17,19-24,27,30,35H,3,7,9-15,18H2,1-2H3. The zero-order valence-electron chi connectivity index (χ0n) is 21.9. The van der Waals surface area contributed by atoms with Crippen LogP contribution < -0.4 is 5.32 Å². The fourth-order valence-electron chi connectivity index (χ4n) is 6.07. The molecule has 190 valence electrons. The highest BCUT2D eigenvalue weighted by molar-refractivity contribution is 6.00. The van der Waals surface area contributed by atoms with Crippen molar-refractivity contribution in [1.82, 2.24) is 15.3 Å². The van der Waals surface area contributed by atoms with Gasteiger partial charge in [-0.05, 0) is 74.0 Å². The van der Waals surface area contributed by atoms with Crippen molar-refractivity contribution in [2.24, 2.45) is 27.7 Å². The minimum Gasteiger partial charge on any atom is -0.303 e. The number of rotatable bonds is 7. The number of aromatic nitrogens is 2. The molecule has 2 aliphatic heterocycles. The summed E-state index contributed by atoms with van der Waals surface area (Å²) in [5.74, 6) is 3.25. The molecule has 1 aromatic rings. The maximum atomic E-state index is 4.74. The Kier molecular flexibility index (Phi) is 8.37. The lowest BCUT2D eigenvalue weighted by atomic mass is 9.74. The summed E-state index contributed by atoms with van der Waals surface area (Å²) in [5.41, 5.74) is 4.39. The smallest absolute Gasteiger partial charge is 0.249 e. The second-order valence-electron chi connectivity index (χ2n) is 11.0. The zero-order valence-corrected chi connectivity index (χ0v) is 21.9. The van der Waals surface area contributed by atoms with Gasteiger partial charge in [0.25, 0.3) is 0 Å². The highest BCUT2D eigenvalue weighted by atomic mass is 15.0. The zero-order chi connectivity index (χ0) is 24.7. The fraction of sp³-hybridized carbons (Fsp3) is 0.548. The highest BCUT2D eigenvalue weighted by Gasteiger charge is 2.28. The molecule has 3 atom stereocenters. The lowest BCUT2D eigenvalue weighted by Gasteiger charge is -2.33. The topological polar surface area (TPSA) is 62.5 Å². The minimum atomic E-state index is 0.246. The van der Waals surface area contributed by atoms with Crippen LogP contribution in [0.3, 0.4) is 0 Å². The van der Waals surface area contributed by atoms with E-state index in [-0.39, 0.29) is 6.04 Å².